The summed E-state index contributed by atoms with van der Waals surface area (Å²) in [6, 6.07) is 5.05. The van der Waals surface area contributed by atoms with Gasteiger partial charge in [0.1, 0.15) is 5.60 Å². The van der Waals surface area contributed by atoms with Crippen LogP contribution in [0.5, 0.6) is 0 Å². The van der Waals surface area contributed by atoms with E-state index < -0.39 is 23.9 Å². The first-order chi connectivity index (χ1) is 14.6. The lowest BCUT2D eigenvalue weighted by Gasteiger charge is -2.32. The van der Waals surface area contributed by atoms with Gasteiger partial charge in [0.2, 0.25) is 0 Å². The zero-order chi connectivity index (χ0) is 24.1. The van der Waals surface area contributed by atoms with Gasteiger partial charge < -0.3 is 23.8 Å². The number of rotatable bonds is 3. The normalized spacial score (nSPS) is 22.2. The van der Waals surface area contributed by atoms with Crippen LogP contribution in [0.15, 0.2) is 18.2 Å². The molecule has 2 amide bonds. The SMILES string of the molecule is CN(C(=O)c1ccc(Cl)c(B2OC(C)(C)C(C)(C)O2)c1)[C@@H]1CCN(C(=O)OC(C)(C)C)C1. The Morgan fingerprint density at radius 1 is 1.19 bits per heavy atom. The van der Waals surface area contributed by atoms with E-state index in [9.17, 15) is 9.59 Å². The van der Waals surface area contributed by atoms with Gasteiger partial charge in [-0.05, 0) is 73.1 Å². The Kier molecular flexibility index (Phi) is 6.64. The molecule has 7 nitrogen and oxygen atoms in total. The highest BCUT2D eigenvalue weighted by Gasteiger charge is 2.52. The van der Waals surface area contributed by atoms with Crippen LogP contribution >= 0.6 is 11.6 Å². The van der Waals surface area contributed by atoms with E-state index in [1.54, 1.807) is 35.0 Å². The van der Waals surface area contributed by atoms with E-state index in [-0.39, 0.29) is 18.0 Å². The quantitative estimate of drug-likeness (QED) is 0.638. The summed E-state index contributed by atoms with van der Waals surface area (Å²) >= 11 is 6.44. The molecule has 2 saturated heterocycles. The maximum absolute atomic E-state index is 13.2. The monoisotopic (exact) mass is 464 g/mol. The highest BCUT2D eigenvalue weighted by molar-refractivity contribution is 6.65. The summed E-state index contributed by atoms with van der Waals surface area (Å²) in [6.07, 6.45) is 0.342. The first-order valence-electron chi connectivity index (χ1n) is 11.0. The van der Waals surface area contributed by atoms with Crippen LogP contribution < -0.4 is 5.46 Å². The molecule has 0 saturated carbocycles. The van der Waals surface area contributed by atoms with Crippen LogP contribution in [0.3, 0.4) is 0 Å². The highest BCUT2D eigenvalue weighted by atomic mass is 35.5. The molecule has 0 radical (unpaired) electrons. The standard InChI is InChI=1S/C23H34BClN2O5/c1-21(2,3)30-20(29)27-12-11-16(14-27)26(8)19(28)15-9-10-18(25)17(13-15)24-31-22(4,5)23(6,7)32-24/h9-10,13,16H,11-12,14H2,1-8H3/t16-/m1/s1. The van der Waals surface area contributed by atoms with E-state index >= 15 is 0 Å². The predicted molar refractivity (Wildman–Crippen MR) is 125 cm³/mol. The van der Waals surface area contributed by atoms with Crippen LogP contribution in [0.25, 0.3) is 0 Å². The Labute approximate surface area is 196 Å². The summed E-state index contributed by atoms with van der Waals surface area (Å²) in [4.78, 5) is 28.9. The van der Waals surface area contributed by atoms with Crippen molar-refractivity contribution in [2.24, 2.45) is 0 Å². The lowest BCUT2D eigenvalue weighted by atomic mass is 9.78. The van der Waals surface area contributed by atoms with E-state index in [0.29, 0.717) is 35.6 Å². The number of hydrogen-bond donors (Lipinski definition) is 0. The maximum Gasteiger partial charge on any atom is 0.496 e. The van der Waals surface area contributed by atoms with Gasteiger partial charge in [-0.2, -0.15) is 0 Å². The fraction of sp³-hybridized carbons (Fsp3) is 0.652. The van der Waals surface area contributed by atoms with Crippen molar-refractivity contribution in [1.29, 1.82) is 0 Å². The van der Waals surface area contributed by atoms with Crippen molar-refractivity contribution in [2.45, 2.75) is 77.7 Å². The summed E-state index contributed by atoms with van der Waals surface area (Å²) in [5.74, 6) is -0.143. The summed E-state index contributed by atoms with van der Waals surface area (Å²) in [7, 11) is 1.11. The van der Waals surface area contributed by atoms with Gasteiger partial charge in [-0.1, -0.05) is 11.6 Å². The highest BCUT2D eigenvalue weighted by Crippen LogP contribution is 2.37. The third kappa shape index (κ3) is 5.08. The molecule has 0 aromatic heterocycles. The fourth-order valence-corrected chi connectivity index (χ4v) is 3.95. The molecule has 176 valence electrons. The molecule has 1 aromatic rings. The Morgan fingerprint density at radius 2 is 1.78 bits per heavy atom. The molecule has 0 N–H and O–H groups in total. The molecule has 0 spiro atoms. The predicted octanol–water partition coefficient (Wildman–Crippen LogP) is 3.72. The minimum absolute atomic E-state index is 0.0917. The van der Waals surface area contributed by atoms with Crippen molar-refractivity contribution in [1.82, 2.24) is 9.80 Å². The van der Waals surface area contributed by atoms with Gasteiger partial charge in [0.15, 0.2) is 0 Å². The molecule has 0 unspecified atom stereocenters. The summed E-state index contributed by atoms with van der Waals surface area (Å²) < 4.78 is 17.7. The van der Waals surface area contributed by atoms with Gasteiger partial charge >= 0.3 is 13.2 Å². The number of carbonyl (C=O) groups excluding carboxylic acids is 2. The number of likely N-dealkylation sites (tertiary alicyclic amines) is 1. The van der Waals surface area contributed by atoms with E-state index in [2.05, 4.69) is 0 Å². The van der Waals surface area contributed by atoms with Crippen molar-refractivity contribution in [3.8, 4) is 0 Å². The summed E-state index contributed by atoms with van der Waals surface area (Å²) in [5, 5.41) is 0.486. The topological polar surface area (TPSA) is 68.3 Å². The third-order valence-electron chi connectivity index (χ3n) is 6.43. The Morgan fingerprint density at radius 3 is 2.34 bits per heavy atom. The number of likely N-dealkylation sites (N-methyl/N-ethyl adjacent to an activating group) is 1. The lowest BCUT2D eigenvalue weighted by molar-refractivity contribution is 0.00578. The molecule has 2 aliphatic rings. The first-order valence-corrected chi connectivity index (χ1v) is 11.4. The van der Waals surface area contributed by atoms with Crippen LogP contribution in [0.2, 0.25) is 5.02 Å². The number of halogens is 1. The molecule has 0 bridgehead atoms. The van der Waals surface area contributed by atoms with Crippen LogP contribution in [0.4, 0.5) is 4.79 Å². The number of hydrogen-bond acceptors (Lipinski definition) is 5. The number of amides is 2. The molecule has 1 aromatic carbocycles. The Balaban J connectivity index is 1.72. The van der Waals surface area contributed by atoms with Crippen LogP contribution in [0.1, 0.15) is 65.2 Å². The summed E-state index contributed by atoms with van der Waals surface area (Å²) in [6.45, 7) is 14.4. The van der Waals surface area contributed by atoms with Crippen molar-refractivity contribution in [2.75, 3.05) is 20.1 Å². The van der Waals surface area contributed by atoms with Crippen LogP contribution in [-0.2, 0) is 14.0 Å². The molecule has 32 heavy (non-hydrogen) atoms. The fourth-order valence-electron chi connectivity index (χ4n) is 3.75. The van der Waals surface area contributed by atoms with E-state index in [4.69, 9.17) is 25.6 Å². The van der Waals surface area contributed by atoms with Gasteiger partial charge in [-0.3, -0.25) is 4.79 Å². The zero-order valence-corrected chi connectivity index (χ0v) is 21.1. The second-order valence-corrected chi connectivity index (χ2v) is 11.0. The molecule has 2 aliphatic heterocycles. The van der Waals surface area contributed by atoms with E-state index in [0.717, 1.165) is 0 Å². The minimum Gasteiger partial charge on any atom is -0.444 e. The molecule has 3 rings (SSSR count). The maximum atomic E-state index is 13.2. The number of benzene rings is 1. The van der Waals surface area contributed by atoms with Crippen molar-refractivity contribution in [3.05, 3.63) is 28.8 Å². The van der Waals surface area contributed by atoms with Crippen LogP contribution in [0, 0.1) is 0 Å². The molecule has 2 heterocycles. The smallest absolute Gasteiger partial charge is 0.444 e. The largest absolute Gasteiger partial charge is 0.496 e. The second-order valence-electron chi connectivity index (χ2n) is 10.6. The molecule has 1 atom stereocenters. The summed E-state index contributed by atoms with van der Waals surface area (Å²) in [5.41, 5.74) is -0.437. The number of ether oxygens (including phenoxy) is 1. The van der Waals surface area contributed by atoms with E-state index in [1.807, 2.05) is 48.5 Å². The Bertz CT molecular complexity index is 883. The lowest BCUT2D eigenvalue weighted by Crippen LogP contribution is -2.42. The zero-order valence-electron chi connectivity index (χ0n) is 20.3. The van der Waals surface area contributed by atoms with E-state index in [1.165, 1.54) is 0 Å². The average Bonchev–Trinajstić information content (AvgIpc) is 3.22. The first kappa shape index (κ1) is 24.9. The molecule has 2 fully saturated rings. The van der Waals surface area contributed by atoms with Gasteiger partial charge in [0, 0.05) is 36.2 Å². The van der Waals surface area contributed by atoms with Gasteiger partial charge in [0.25, 0.3) is 5.91 Å². The van der Waals surface area contributed by atoms with Gasteiger partial charge in [-0.25, -0.2) is 4.79 Å². The van der Waals surface area contributed by atoms with Crippen molar-refractivity contribution in [3.63, 3.8) is 0 Å². The molecular weight excluding hydrogens is 431 g/mol. The van der Waals surface area contributed by atoms with Crippen molar-refractivity contribution >= 4 is 36.2 Å². The number of carbonyl (C=O) groups is 2. The molecular formula is C23H34BClN2O5. The minimum atomic E-state index is -0.653. The Hall–Kier alpha value is -1.77. The van der Waals surface area contributed by atoms with Gasteiger partial charge in [-0.15, -0.1) is 0 Å². The van der Waals surface area contributed by atoms with Gasteiger partial charge in [0.05, 0.1) is 17.2 Å². The van der Waals surface area contributed by atoms with Crippen LogP contribution in [-0.4, -0.2) is 71.9 Å². The average molecular weight is 465 g/mol. The number of nitrogens with zero attached hydrogens (tertiary/aromatic N) is 2. The molecule has 9 heteroatoms. The molecule has 0 aliphatic carbocycles. The second kappa shape index (κ2) is 8.54. The third-order valence-corrected chi connectivity index (χ3v) is 6.78. The van der Waals surface area contributed by atoms with Crippen molar-refractivity contribution < 1.29 is 23.6 Å².